The summed E-state index contributed by atoms with van der Waals surface area (Å²) in [6.45, 7) is 1.32. The molecule has 0 aliphatic carbocycles. The molecule has 44 heavy (non-hydrogen) atoms. The molecule has 14 heteroatoms. The van der Waals surface area contributed by atoms with Crippen LogP contribution in [-0.4, -0.2) is 42.3 Å². The Morgan fingerprint density at radius 2 is 1.80 bits per heavy atom. The zero-order chi connectivity index (χ0) is 31.4. The van der Waals surface area contributed by atoms with E-state index >= 15 is 0 Å². The second-order valence-electron chi connectivity index (χ2n) is 9.30. The maximum atomic E-state index is 13.6. The van der Waals surface area contributed by atoms with Crippen LogP contribution in [0.3, 0.4) is 0 Å². The maximum Gasteiger partial charge on any atom is 0.356 e. The zero-order valence-electron chi connectivity index (χ0n) is 23.3. The topological polar surface area (TPSA) is 162 Å². The highest BCUT2D eigenvalue weighted by Gasteiger charge is 2.27. The Balaban J connectivity index is 1.57. The third kappa shape index (κ3) is 6.44. The third-order valence-electron chi connectivity index (χ3n) is 6.42. The number of carboxylic acids is 1. The van der Waals surface area contributed by atoms with Crippen molar-refractivity contribution in [1.82, 2.24) is 14.5 Å². The fourth-order valence-electron chi connectivity index (χ4n) is 4.19. The highest BCUT2D eigenvalue weighted by Crippen LogP contribution is 2.36. The van der Waals surface area contributed by atoms with Crippen molar-refractivity contribution in [3.8, 4) is 23.1 Å². The summed E-state index contributed by atoms with van der Waals surface area (Å²) in [7, 11) is -2.80. The molecule has 1 amide bonds. The molecule has 3 N–H and O–H groups in total. The van der Waals surface area contributed by atoms with Crippen LogP contribution in [0.1, 0.15) is 32.2 Å². The minimum Gasteiger partial charge on any atom is -0.497 e. The molecule has 3 aromatic carbocycles. The van der Waals surface area contributed by atoms with Gasteiger partial charge in [0.1, 0.15) is 22.2 Å². The van der Waals surface area contributed by atoms with Crippen molar-refractivity contribution in [3.63, 3.8) is 0 Å². The van der Waals surface area contributed by atoms with Gasteiger partial charge in [-0.05, 0) is 73.7 Å². The van der Waals surface area contributed by atoms with E-state index in [9.17, 15) is 23.1 Å². The monoisotopic (exact) mass is 636 g/mol. The lowest BCUT2D eigenvalue weighted by molar-refractivity contribution is 0.0689. The molecule has 226 valence electrons. The predicted molar refractivity (Wildman–Crippen MR) is 160 cm³/mol. The van der Waals surface area contributed by atoms with Crippen LogP contribution in [0.2, 0.25) is 5.02 Å². The number of carboxylic acid groups (broad SMARTS) is 1. The first kappa shape index (κ1) is 30.4. The van der Waals surface area contributed by atoms with E-state index in [0.29, 0.717) is 17.2 Å². The number of hydrogen-bond donors (Lipinski definition) is 3. The van der Waals surface area contributed by atoms with Gasteiger partial charge in [-0.2, -0.15) is 9.78 Å². The lowest BCUT2D eigenvalue weighted by atomic mass is 10.2. The molecular formula is C30H25ClN4O8S. The first-order valence-corrected chi connectivity index (χ1v) is 14.8. The van der Waals surface area contributed by atoms with E-state index < -0.39 is 21.9 Å². The van der Waals surface area contributed by atoms with Crippen LogP contribution in [0.15, 0.2) is 94.4 Å². The van der Waals surface area contributed by atoms with Crippen molar-refractivity contribution >= 4 is 39.2 Å². The Labute approximate surface area is 256 Å². The van der Waals surface area contributed by atoms with Gasteiger partial charge in [0, 0.05) is 11.3 Å². The number of aromatic carboxylic acids is 1. The zero-order valence-corrected chi connectivity index (χ0v) is 24.8. The number of anilines is 1. The van der Waals surface area contributed by atoms with Gasteiger partial charge in [0.05, 0.1) is 36.2 Å². The fourth-order valence-corrected chi connectivity index (χ4v) is 5.55. The number of rotatable bonds is 11. The number of nitrogens with zero attached hydrogens (tertiary/aromatic N) is 2. The van der Waals surface area contributed by atoms with E-state index in [2.05, 4.69) is 15.1 Å². The third-order valence-corrected chi connectivity index (χ3v) is 8.17. The highest BCUT2D eigenvalue weighted by atomic mass is 35.5. The van der Waals surface area contributed by atoms with E-state index in [-0.39, 0.29) is 50.6 Å². The summed E-state index contributed by atoms with van der Waals surface area (Å²) in [5.41, 5.74) is 0.610. The SMILES string of the molecule is COc1ccc(-n2nc(C(=O)O)c(C)c2Oc2ccc(NC(=O)c3ccccc3Cl)cc2S(=O)(=O)NCc2ccco2)cc1. The number of carbonyl (C=O) groups excluding carboxylic acids is 1. The van der Waals surface area contributed by atoms with Crippen molar-refractivity contribution in [2.45, 2.75) is 18.4 Å². The molecule has 0 aliphatic heterocycles. The smallest absolute Gasteiger partial charge is 0.356 e. The molecule has 0 radical (unpaired) electrons. The van der Waals surface area contributed by atoms with Crippen LogP contribution in [0.25, 0.3) is 5.69 Å². The van der Waals surface area contributed by atoms with Gasteiger partial charge in [-0.3, -0.25) is 4.79 Å². The maximum absolute atomic E-state index is 13.6. The molecule has 2 aromatic heterocycles. The van der Waals surface area contributed by atoms with E-state index in [1.807, 2.05) is 0 Å². The largest absolute Gasteiger partial charge is 0.497 e. The molecule has 5 rings (SSSR count). The fraction of sp³-hybridized carbons (Fsp3) is 0.100. The molecule has 0 bridgehead atoms. The van der Waals surface area contributed by atoms with Crippen LogP contribution in [-0.2, 0) is 16.6 Å². The minimum absolute atomic E-state index is 0.0390. The first-order valence-electron chi connectivity index (χ1n) is 12.9. The van der Waals surface area contributed by atoms with Gasteiger partial charge >= 0.3 is 5.97 Å². The second-order valence-corrected chi connectivity index (χ2v) is 11.4. The summed E-state index contributed by atoms with van der Waals surface area (Å²) in [5.74, 6) is -1.14. The second kappa shape index (κ2) is 12.6. The Morgan fingerprint density at radius 1 is 1.05 bits per heavy atom. The first-order chi connectivity index (χ1) is 21.1. The molecule has 12 nitrogen and oxygen atoms in total. The van der Waals surface area contributed by atoms with Crippen LogP contribution in [0.5, 0.6) is 17.4 Å². The van der Waals surface area contributed by atoms with E-state index in [1.165, 1.54) is 49.2 Å². The van der Waals surface area contributed by atoms with Crippen molar-refractivity contribution in [3.05, 3.63) is 113 Å². The van der Waals surface area contributed by atoms with Gasteiger partial charge < -0.3 is 24.3 Å². The molecule has 0 atom stereocenters. The molecule has 2 heterocycles. The van der Waals surface area contributed by atoms with Gasteiger partial charge in [-0.15, -0.1) is 0 Å². The number of ether oxygens (including phenoxy) is 2. The number of benzene rings is 3. The Hall–Kier alpha value is -5.11. The Morgan fingerprint density at radius 3 is 2.45 bits per heavy atom. The standard InChI is InChI=1S/C30H25ClN4O8S/c1-18-27(30(37)38)34-35(20-10-12-21(41-2)13-11-20)29(18)43-25-14-9-19(33-28(36)23-7-3-4-8-24(23)31)16-26(25)44(39,40)32-17-22-6-5-15-42-22/h3-16,32H,17H2,1-2H3,(H,33,36)(H,37,38). The summed E-state index contributed by atoms with van der Waals surface area (Å²) in [5, 5.41) is 16.8. The van der Waals surface area contributed by atoms with Gasteiger partial charge in [0.15, 0.2) is 5.69 Å². The quantitative estimate of drug-likeness (QED) is 0.166. The number of nitrogens with one attached hydrogen (secondary N) is 2. The summed E-state index contributed by atoms with van der Waals surface area (Å²) >= 11 is 6.16. The number of amides is 1. The molecular weight excluding hydrogens is 612 g/mol. The van der Waals surface area contributed by atoms with Crippen molar-refractivity contribution in [1.29, 1.82) is 0 Å². The number of carbonyl (C=O) groups is 2. The summed E-state index contributed by atoms with van der Waals surface area (Å²) in [6.07, 6.45) is 1.41. The molecule has 0 aliphatic rings. The summed E-state index contributed by atoms with van der Waals surface area (Å²) in [4.78, 5) is 24.6. The van der Waals surface area contributed by atoms with Gasteiger partial charge in [0.2, 0.25) is 15.9 Å². The summed E-state index contributed by atoms with van der Waals surface area (Å²) < 4.78 is 47.5. The normalized spacial score (nSPS) is 11.2. The highest BCUT2D eigenvalue weighted by molar-refractivity contribution is 7.89. The van der Waals surface area contributed by atoms with E-state index in [1.54, 1.807) is 54.6 Å². The van der Waals surface area contributed by atoms with Gasteiger partial charge in [0.25, 0.3) is 5.91 Å². The lowest BCUT2D eigenvalue weighted by Crippen LogP contribution is -2.24. The number of furan rings is 1. The van der Waals surface area contributed by atoms with Gasteiger partial charge in [-0.1, -0.05) is 23.7 Å². The van der Waals surface area contributed by atoms with Gasteiger partial charge in [-0.25, -0.2) is 17.9 Å². The molecule has 0 saturated heterocycles. The van der Waals surface area contributed by atoms with Crippen LogP contribution in [0.4, 0.5) is 5.69 Å². The molecule has 0 saturated carbocycles. The number of methoxy groups -OCH3 is 1. The van der Waals surface area contributed by atoms with Crippen molar-refractivity contribution in [2.75, 3.05) is 12.4 Å². The van der Waals surface area contributed by atoms with Crippen molar-refractivity contribution < 1.29 is 37.0 Å². The number of hydrogen-bond acceptors (Lipinski definition) is 8. The molecule has 0 fully saturated rings. The average molecular weight is 637 g/mol. The average Bonchev–Trinajstić information content (AvgIpc) is 3.65. The Bertz CT molecular complexity index is 1940. The van der Waals surface area contributed by atoms with Crippen LogP contribution < -0.4 is 19.5 Å². The summed E-state index contributed by atoms with van der Waals surface area (Å²) in [6, 6.07) is 20.2. The lowest BCUT2D eigenvalue weighted by Gasteiger charge is -2.16. The molecule has 0 unspecified atom stereocenters. The molecule has 0 spiro atoms. The van der Waals surface area contributed by atoms with E-state index in [0.717, 1.165) is 0 Å². The number of sulfonamides is 1. The van der Waals surface area contributed by atoms with Crippen LogP contribution >= 0.6 is 11.6 Å². The van der Waals surface area contributed by atoms with Crippen LogP contribution in [0, 0.1) is 6.92 Å². The Kier molecular flexibility index (Phi) is 8.71. The minimum atomic E-state index is -4.30. The van der Waals surface area contributed by atoms with Crippen molar-refractivity contribution in [2.24, 2.45) is 0 Å². The molecule has 5 aromatic rings. The number of aromatic nitrogens is 2. The predicted octanol–water partition coefficient (Wildman–Crippen LogP) is 5.66. The number of halogens is 1. The van der Waals surface area contributed by atoms with E-state index in [4.69, 9.17) is 25.5 Å².